The highest BCUT2D eigenvalue weighted by Gasteiger charge is 2.35. The van der Waals surface area contributed by atoms with Gasteiger partial charge in [-0.15, -0.1) is 0 Å². The van der Waals surface area contributed by atoms with Gasteiger partial charge in [-0.1, -0.05) is 42.8 Å². The first-order valence-corrected chi connectivity index (χ1v) is 8.43. The number of nitrogens with zero attached hydrogens (tertiary/aromatic N) is 1. The monoisotopic (exact) mass is 338 g/mol. The van der Waals surface area contributed by atoms with Crippen LogP contribution in [0.25, 0.3) is 0 Å². The standard InChI is InChI=1S/C17H27BrN2/c1-6-17(5)11-20(16(10-19-17)12(2)3)14-8-7-13(4)15(18)9-14/h7-9,12,16,19H,6,10-11H2,1-5H3. The van der Waals surface area contributed by atoms with Crippen molar-refractivity contribution in [3.63, 3.8) is 0 Å². The summed E-state index contributed by atoms with van der Waals surface area (Å²) in [6, 6.07) is 7.30. The van der Waals surface area contributed by atoms with Crippen LogP contribution in [0.5, 0.6) is 0 Å². The number of benzene rings is 1. The van der Waals surface area contributed by atoms with Crippen LogP contribution in [-0.4, -0.2) is 24.7 Å². The van der Waals surface area contributed by atoms with E-state index in [0.717, 1.165) is 19.5 Å². The molecule has 1 aliphatic rings. The van der Waals surface area contributed by atoms with Gasteiger partial charge >= 0.3 is 0 Å². The first-order chi connectivity index (χ1) is 9.36. The molecule has 3 heteroatoms. The molecule has 2 rings (SSSR count). The molecule has 2 atom stereocenters. The number of piperazine rings is 1. The molecule has 112 valence electrons. The SMILES string of the molecule is CCC1(C)CN(c2ccc(C)c(Br)c2)C(C(C)C)CN1. The lowest BCUT2D eigenvalue weighted by Gasteiger charge is -2.48. The Morgan fingerprint density at radius 3 is 2.70 bits per heavy atom. The minimum Gasteiger partial charge on any atom is -0.365 e. The summed E-state index contributed by atoms with van der Waals surface area (Å²) in [5.74, 6) is 0.643. The van der Waals surface area contributed by atoms with Gasteiger partial charge in [0.2, 0.25) is 0 Å². The van der Waals surface area contributed by atoms with Gasteiger partial charge in [0.25, 0.3) is 0 Å². The topological polar surface area (TPSA) is 15.3 Å². The van der Waals surface area contributed by atoms with Crippen molar-refractivity contribution in [2.75, 3.05) is 18.0 Å². The van der Waals surface area contributed by atoms with E-state index in [-0.39, 0.29) is 5.54 Å². The van der Waals surface area contributed by atoms with Crippen LogP contribution in [0, 0.1) is 12.8 Å². The van der Waals surface area contributed by atoms with Crippen LogP contribution in [-0.2, 0) is 0 Å². The smallest absolute Gasteiger partial charge is 0.0438 e. The second-order valence-corrected chi connectivity index (χ2v) is 7.52. The van der Waals surface area contributed by atoms with Crippen molar-refractivity contribution in [2.45, 2.75) is 52.6 Å². The molecule has 20 heavy (non-hydrogen) atoms. The van der Waals surface area contributed by atoms with Crippen LogP contribution in [0.2, 0.25) is 0 Å². The van der Waals surface area contributed by atoms with E-state index in [0.29, 0.717) is 12.0 Å². The largest absolute Gasteiger partial charge is 0.365 e. The molecular formula is C17H27BrN2. The number of anilines is 1. The molecule has 0 radical (unpaired) electrons. The maximum absolute atomic E-state index is 3.75. The van der Waals surface area contributed by atoms with Gasteiger partial charge < -0.3 is 10.2 Å². The van der Waals surface area contributed by atoms with Crippen LogP contribution < -0.4 is 10.2 Å². The summed E-state index contributed by atoms with van der Waals surface area (Å²) in [6.07, 6.45) is 1.15. The number of hydrogen-bond acceptors (Lipinski definition) is 2. The third-order valence-electron chi connectivity index (χ3n) is 4.69. The molecule has 1 fully saturated rings. The van der Waals surface area contributed by atoms with E-state index in [4.69, 9.17) is 0 Å². The van der Waals surface area contributed by atoms with Crippen molar-refractivity contribution in [1.29, 1.82) is 0 Å². The van der Waals surface area contributed by atoms with Crippen LogP contribution in [0.15, 0.2) is 22.7 Å². The molecule has 0 bridgehead atoms. The fourth-order valence-electron chi connectivity index (χ4n) is 2.89. The van der Waals surface area contributed by atoms with E-state index in [9.17, 15) is 0 Å². The summed E-state index contributed by atoms with van der Waals surface area (Å²) < 4.78 is 1.20. The second kappa shape index (κ2) is 6.07. The average Bonchev–Trinajstić information content (AvgIpc) is 2.41. The number of aryl methyl sites for hydroxylation is 1. The number of nitrogens with one attached hydrogen (secondary N) is 1. The normalized spacial score (nSPS) is 27.1. The number of halogens is 1. The summed E-state index contributed by atoms with van der Waals surface area (Å²) >= 11 is 3.67. The van der Waals surface area contributed by atoms with Gasteiger partial charge in [0, 0.05) is 34.8 Å². The Bertz CT molecular complexity index is 472. The van der Waals surface area contributed by atoms with Crippen molar-refractivity contribution in [3.05, 3.63) is 28.2 Å². The summed E-state index contributed by atoms with van der Waals surface area (Å²) in [5.41, 5.74) is 2.84. The number of rotatable bonds is 3. The molecule has 1 aromatic carbocycles. The van der Waals surface area contributed by atoms with E-state index >= 15 is 0 Å². The Balaban J connectivity index is 2.33. The molecule has 2 unspecified atom stereocenters. The zero-order valence-corrected chi connectivity index (χ0v) is 14.9. The van der Waals surface area contributed by atoms with E-state index in [2.05, 4.69) is 79.0 Å². The molecule has 0 aliphatic carbocycles. The molecule has 0 amide bonds. The first-order valence-electron chi connectivity index (χ1n) is 7.64. The third-order valence-corrected chi connectivity index (χ3v) is 5.55. The average molecular weight is 339 g/mol. The zero-order valence-electron chi connectivity index (χ0n) is 13.3. The lowest BCUT2D eigenvalue weighted by molar-refractivity contribution is 0.253. The Kier molecular flexibility index (Phi) is 4.80. The summed E-state index contributed by atoms with van der Waals surface area (Å²) in [7, 11) is 0. The highest BCUT2D eigenvalue weighted by molar-refractivity contribution is 9.10. The Morgan fingerprint density at radius 2 is 2.15 bits per heavy atom. The molecule has 1 heterocycles. The van der Waals surface area contributed by atoms with Crippen LogP contribution in [0.4, 0.5) is 5.69 Å². The molecule has 2 nitrogen and oxygen atoms in total. The van der Waals surface area contributed by atoms with Gasteiger partial charge in [-0.3, -0.25) is 0 Å². The molecule has 1 aliphatic heterocycles. The predicted molar refractivity (Wildman–Crippen MR) is 91.5 cm³/mol. The summed E-state index contributed by atoms with van der Waals surface area (Å²) in [4.78, 5) is 2.59. The number of hydrogen-bond donors (Lipinski definition) is 1. The highest BCUT2D eigenvalue weighted by atomic mass is 79.9. The Morgan fingerprint density at radius 1 is 1.45 bits per heavy atom. The lowest BCUT2D eigenvalue weighted by Crippen LogP contribution is -2.64. The van der Waals surface area contributed by atoms with Crippen molar-refractivity contribution < 1.29 is 0 Å². The van der Waals surface area contributed by atoms with Crippen molar-refractivity contribution in [1.82, 2.24) is 5.32 Å². The quantitative estimate of drug-likeness (QED) is 0.880. The lowest BCUT2D eigenvalue weighted by atomic mass is 9.89. The van der Waals surface area contributed by atoms with E-state index in [1.54, 1.807) is 0 Å². The fraction of sp³-hybridized carbons (Fsp3) is 0.647. The minimum atomic E-state index is 0.211. The Hall–Kier alpha value is -0.540. The van der Waals surface area contributed by atoms with Crippen molar-refractivity contribution in [2.24, 2.45) is 5.92 Å². The van der Waals surface area contributed by atoms with Crippen LogP contribution in [0.1, 0.15) is 39.7 Å². The molecule has 0 spiro atoms. The molecular weight excluding hydrogens is 312 g/mol. The van der Waals surface area contributed by atoms with Crippen LogP contribution in [0.3, 0.4) is 0 Å². The molecule has 1 aromatic rings. The van der Waals surface area contributed by atoms with E-state index in [1.165, 1.54) is 15.7 Å². The van der Waals surface area contributed by atoms with Crippen molar-refractivity contribution in [3.8, 4) is 0 Å². The maximum atomic E-state index is 3.75. The van der Waals surface area contributed by atoms with Gasteiger partial charge in [0.15, 0.2) is 0 Å². The summed E-state index contributed by atoms with van der Waals surface area (Å²) in [6.45, 7) is 13.5. The van der Waals surface area contributed by atoms with Crippen molar-refractivity contribution >= 4 is 21.6 Å². The zero-order chi connectivity index (χ0) is 14.9. The van der Waals surface area contributed by atoms with Gasteiger partial charge in [-0.25, -0.2) is 0 Å². The minimum absolute atomic E-state index is 0.211. The first kappa shape index (κ1) is 15.8. The van der Waals surface area contributed by atoms with Gasteiger partial charge in [-0.2, -0.15) is 0 Å². The maximum Gasteiger partial charge on any atom is 0.0438 e. The summed E-state index contributed by atoms with van der Waals surface area (Å²) in [5, 5.41) is 3.75. The second-order valence-electron chi connectivity index (χ2n) is 6.67. The molecule has 1 N–H and O–H groups in total. The predicted octanol–water partition coefficient (Wildman–Crippen LogP) is 4.36. The van der Waals surface area contributed by atoms with Gasteiger partial charge in [0.05, 0.1) is 0 Å². The third kappa shape index (κ3) is 3.20. The van der Waals surface area contributed by atoms with E-state index in [1.807, 2.05) is 0 Å². The van der Waals surface area contributed by atoms with E-state index < -0.39 is 0 Å². The fourth-order valence-corrected chi connectivity index (χ4v) is 3.25. The molecule has 1 saturated heterocycles. The Labute approximate surface area is 132 Å². The highest BCUT2D eigenvalue weighted by Crippen LogP contribution is 2.31. The van der Waals surface area contributed by atoms with Gasteiger partial charge in [0.1, 0.15) is 0 Å². The van der Waals surface area contributed by atoms with Gasteiger partial charge in [-0.05, 0) is 43.9 Å². The molecule has 0 aromatic heterocycles. The molecule has 0 saturated carbocycles. The van der Waals surface area contributed by atoms with Crippen LogP contribution >= 0.6 is 15.9 Å².